The van der Waals surface area contributed by atoms with Crippen molar-refractivity contribution in [3.05, 3.63) is 58.6 Å². The first-order valence-corrected chi connectivity index (χ1v) is 6.51. The topological polar surface area (TPSA) is 21.3 Å². The van der Waals surface area contributed by atoms with Crippen molar-refractivity contribution in [2.75, 3.05) is 18.5 Å². The van der Waals surface area contributed by atoms with Gasteiger partial charge in [-0.3, -0.25) is 0 Å². The van der Waals surface area contributed by atoms with Crippen LogP contribution in [0.1, 0.15) is 0 Å². The van der Waals surface area contributed by atoms with Crippen molar-refractivity contribution in [3.8, 4) is 5.75 Å². The summed E-state index contributed by atoms with van der Waals surface area (Å²) in [7, 11) is 0. The SMILES string of the molecule is Fc1cc(F)cc(NCCOc2ccc(Br)cc2)c1. The molecule has 2 aromatic carbocycles. The standard InChI is InChI=1S/C14H12BrF2NO/c15-10-1-3-14(4-2-10)19-6-5-18-13-8-11(16)7-12(17)9-13/h1-4,7-9,18H,5-6H2. The molecule has 0 aliphatic heterocycles. The van der Waals surface area contributed by atoms with E-state index in [1.54, 1.807) is 0 Å². The van der Waals surface area contributed by atoms with Crippen LogP contribution in [0.25, 0.3) is 0 Å². The number of halogens is 3. The van der Waals surface area contributed by atoms with Crippen molar-refractivity contribution in [2.24, 2.45) is 0 Å². The molecule has 2 rings (SSSR count). The van der Waals surface area contributed by atoms with E-state index in [2.05, 4.69) is 21.2 Å². The number of hydrogen-bond donors (Lipinski definition) is 1. The molecular weight excluding hydrogens is 316 g/mol. The Kier molecular flexibility index (Phi) is 4.74. The third kappa shape index (κ3) is 4.52. The molecule has 5 heteroatoms. The van der Waals surface area contributed by atoms with E-state index in [0.29, 0.717) is 18.8 Å². The summed E-state index contributed by atoms with van der Waals surface area (Å²) in [4.78, 5) is 0. The number of nitrogens with one attached hydrogen (secondary N) is 1. The molecule has 0 bridgehead atoms. The van der Waals surface area contributed by atoms with E-state index in [-0.39, 0.29) is 0 Å². The summed E-state index contributed by atoms with van der Waals surface area (Å²) < 4.78 is 32.3. The molecule has 0 unspecified atom stereocenters. The molecule has 19 heavy (non-hydrogen) atoms. The van der Waals surface area contributed by atoms with Crippen molar-refractivity contribution >= 4 is 21.6 Å². The van der Waals surface area contributed by atoms with Crippen molar-refractivity contribution < 1.29 is 13.5 Å². The molecule has 0 atom stereocenters. The molecule has 0 radical (unpaired) electrons. The van der Waals surface area contributed by atoms with Crippen LogP contribution in [0.3, 0.4) is 0 Å². The average molecular weight is 328 g/mol. The lowest BCUT2D eigenvalue weighted by Crippen LogP contribution is -2.11. The van der Waals surface area contributed by atoms with E-state index in [0.717, 1.165) is 16.3 Å². The molecule has 0 aromatic heterocycles. The molecule has 0 saturated carbocycles. The molecule has 2 aromatic rings. The Balaban J connectivity index is 1.79. The molecule has 0 aliphatic rings. The molecule has 0 fully saturated rings. The van der Waals surface area contributed by atoms with Crippen LogP contribution in [-0.4, -0.2) is 13.2 Å². The maximum Gasteiger partial charge on any atom is 0.128 e. The maximum absolute atomic E-state index is 12.9. The lowest BCUT2D eigenvalue weighted by Gasteiger charge is -2.09. The summed E-state index contributed by atoms with van der Waals surface area (Å²) >= 11 is 3.33. The summed E-state index contributed by atoms with van der Waals surface area (Å²) in [6.45, 7) is 0.860. The maximum atomic E-state index is 12.9. The van der Waals surface area contributed by atoms with Crippen LogP contribution in [0.5, 0.6) is 5.75 Å². The van der Waals surface area contributed by atoms with Gasteiger partial charge >= 0.3 is 0 Å². The van der Waals surface area contributed by atoms with Gasteiger partial charge in [0.05, 0.1) is 0 Å². The van der Waals surface area contributed by atoms with Gasteiger partial charge in [0, 0.05) is 22.8 Å². The summed E-state index contributed by atoms with van der Waals surface area (Å²) in [5.74, 6) is -0.455. The fourth-order valence-electron chi connectivity index (χ4n) is 1.55. The highest BCUT2D eigenvalue weighted by molar-refractivity contribution is 9.10. The van der Waals surface area contributed by atoms with Crippen molar-refractivity contribution in [3.63, 3.8) is 0 Å². The first kappa shape index (κ1) is 13.8. The Morgan fingerprint density at radius 3 is 2.26 bits per heavy atom. The van der Waals surface area contributed by atoms with Crippen LogP contribution in [-0.2, 0) is 0 Å². The molecular formula is C14H12BrF2NO. The van der Waals surface area contributed by atoms with E-state index in [4.69, 9.17) is 4.74 Å². The van der Waals surface area contributed by atoms with Crippen LogP contribution in [0.4, 0.5) is 14.5 Å². The minimum Gasteiger partial charge on any atom is -0.492 e. The largest absolute Gasteiger partial charge is 0.492 e. The third-order valence-electron chi connectivity index (χ3n) is 2.38. The van der Waals surface area contributed by atoms with Crippen LogP contribution >= 0.6 is 15.9 Å². The molecule has 2 nitrogen and oxygen atoms in total. The monoisotopic (exact) mass is 327 g/mol. The zero-order valence-corrected chi connectivity index (χ0v) is 11.6. The van der Waals surface area contributed by atoms with Gasteiger partial charge in [-0.25, -0.2) is 8.78 Å². The van der Waals surface area contributed by atoms with Crippen molar-refractivity contribution in [2.45, 2.75) is 0 Å². The Labute approximate surface area is 118 Å². The average Bonchev–Trinajstić information content (AvgIpc) is 2.36. The van der Waals surface area contributed by atoms with Gasteiger partial charge in [-0.1, -0.05) is 15.9 Å². The first-order valence-electron chi connectivity index (χ1n) is 5.72. The second-order valence-electron chi connectivity index (χ2n) is 3.89. The van der Waals surface area contributed by atoms with Crippen LogP contribution in [0, 0.1) is 11.6 Å². The molecule has 0 aliphatic carbocycles. The number of ether oxygens (including phenoxy) is 1. The van der Waals surface area contributed by atoms with Gasteiger partial charge in [0.2, 0.25) is 0 Å². The Morgan fingerprint density at radius 1 is 1.00 bits per heavy atom. The minimum atomic E-state index is -0.601. The first-order chi connectivity index (χ1) is 9.13. The summed E-state index contributed by atoms with van der Waals surface area (Å²) in [6.07, 6.45) is 0. The van der Waals surface area contributed by atoms with E-state index in [1.807, 2.05) is 24.3 Å². The quantitative estimate of drug-likeness (QED) is 0.830. The molecule has 0 heterocycles. The predicted molar refractivity (Wildman–Crippen MR) is 74.5 cm³/mol. The van der Waals surface area contributed by atoms with E-state index >= 15 is 0 Å². The second kappa shape index (κ2) is 6.52. The molecule has 1 N–H and O–H groups in total. The molecule has 0 spiro atoms. The minimum absolute atomic E-state index is 0.400. The normalized spacial score (nSPS) is 10.3. The smallest absolute Gasteiger partial charge is 0.128 e. The van der Waals surface area contributed by atoms with Crippen molar-refractivity contribution in [1.82, 2.24) is 0 Å². The van der Waals surface area contributed by atoms with E-state index in [1.165, 1.54) is 12.1 Å². The van der Waals surface area contributed by atoms with Gasteiger partial charge in [0.15, 0.2) is 0 Å². The fourth-order valence-corrected chi connectivity index (χ4v) is 1.82. The summed E-state index contributed by atoms with van der Waals surface area (Å²) in [5.41, 5.74) is 0.400. The van der Waals surface area contributed by atoms with E-state index < -0.39 is 11.6 Å². The van der Waals surface area contributed by atoms with Gasteiger partial charge in [-0.2, -0.15) is 0 Å². The number of anilines is 1. The van der Waals surface area contributed by atoms with E-state index in [9.17, 15) is 8.78 Å². The Morgan fingerprint density at radius 2 is 1.63 bits per heavy atom. The van der Waals surface area contributed by atoms with Gasteiger partial charge in [0.1, 0.15) is 24.0 Å². The van der Waals surface area contributed by atoms with Gasteiger partial charge < -0.3 is 10.1 Å². The predicted octanol–water partition coefficient (Wildman–Crippen LogP) is 4.22. The highest BCUT2D eigenvalue weighted by atomic mass is 79.9. The molecule has 0 saturated heterocycles. The third-order valence-corrected chi connectivity index (χ3v) is 2.90. The summed E-state index contributed by atoms with van der Waals surface area (Å²) in [5, 5.41) is 2.89. The number of benzene rings is 2. The molecule has 100 valence electrons. The highest BCUT2D eigenvalue weighted by Crippen LogP contribution is 2.16. The van der Waals surface area contributed by atoms with Crippen LogP contribution < -0.4 is 10.1 Å². The van der Waals surface area contributed by atoms with Gasteiger partial charge in [-0.15, -0.1) is 0 Å². The summed E-state index contributed by atoms with van der Waals surface area (Å²) in [6, 6.07) is 10.8. The van der Waals surface area contributed by atoms with Gasteiger partial charge in [0.25, 0.3) is 0 Å². The number of hydrogen-bond acceptors (Lipinski definition) is 2. The number of rotatable bonds is 5. The van der Waals surface area contributed by atoms with Crippen molar-refractivity contribution in [1.29, 1.82) is 0 Å². The molecule has 0 amide bonds. The van der Waals surface area contributed by atoms with Crippen LogP contribution in [0.15, 0.2) is 46.9 Å². The zero-order chi connectivity index (χ0) is 13.7. The zero-order valence-electron chi connectivity index (χ0n) is 10.00. The Hall–Kier alpha value is -1.62. The second-order valence-corrected chi connectivity index (χ2v) is 4.80. The fraction of sp³-hybridized carbons (Fsp3) is 0.143. The lowest BCUT2D eigenvalue weighted by molar-refractivity contribution is 0.333. The highest BCUT2D eigenvalue weighted by Gasteiger charge is 2.00. The van der Waals surface area contributed by atoms with Crippen LogP contribution in [0.2, 0.25) is 0 Å². The Bertz CT molecular complexity index is 525. The van der Waals surface area contributed by atoms with Gasteiger partial charge in [-0.05, 0) is 36.4 Å². The lowest BCUT2D eigenvalue weighted by atomic mass is 10.3.